The lowest BCUT2D eigenvalue weighted by Crippen LogP contribution is -2.14. The number of para-hydroxylation sites is 1. The Morgan fingerprint density at radius 1 is 1.30 bits per heavy atom. The van der Waals surface area contributed by atoms with Crippen LogP contribution >= 0.6 is 39.3 Å². The minimum atomic E-state index is -0.464. The second-order valence-electron chi connectivity index (χ2n) is 3.89. The van der Waals surface area contributed by atoms with Crippen molar-refractivity contribution in [3.8, 4) is 0 Å². The third kappa shape index (κ3) is 4.23. The first-order valence-corrected chi connectivity index (χ1v) is 7.84. The standard InChI is InChI=1S/C14H10BrClFNOS/c15-10-3-1-2-4-13(10)18-14(19)8-20-9-5-6-12(17)11(16)7-9/h1-7H,8H2,(H,18,19). The molecule has 20 heavy (non-hydrogen) atoms. The molecule has 0 unspecified atom stereocenters. The zero-order chi connectivity index (χ0) is 14.5. The number of benzene rings is 2. The Morgan fingerprint density at radius 2 is 2.05 bits per heavy atom. The molecule has 2 aromatic rings. The number of hydrogen-bond acceptors (Lipinski definition) is 2. The van der Waals surface area contributed by atoms with Gasteiger partial charge in [-0.1, -0.05) is 23.7 Å². The predicted molar refractivity (Wildman–Crippen MR) is 84.9 cm³/mol. The SMILES string of the molecule is O=C(CSc1ccc(F)c(Cl)c1)Nc1ccccc1Br. The predicted octanol–water partition coefficient (Wildman–Crippen LogP) is 4.97. The lowest BCUT2D eigenvalue weighted by Gasteiger charge is -2.07. The largest absolute Gasteiger partial charge is 0.324 e. The Labute approximate surface area is 133 Å². The Bertz CT molecular complexity index is 638. The van der Waals surface area contributed by atoms with E-state index in [1.165, 1.54) is 23.9 Å². The van der Waals surface area contributed by atoms with Crippen LogP contribution in [0, 0.1) is 5.82 Å². The van der Waals surface area contributed by atoms with Crippen LogP contribution in [0.5, 0.6) is 0 Å². The fourth-order valence-corrected chi connectivity index (χ4v) is 2.83. The van der Waals surface area contributed by atoms with Gasteiger partial charge in [-0.15, -0.1) is 11.8 Å². The first kappa shape index (κ1) is 15.4. The van der Waals surface area contributed by atoms with Gasteiger partial charge in [-0.3, -0.25) is 4.79 Å². The highest BCUT2D eigenvalue weighted by Crippen LogP contribution is 2.25. The molecule has 1 amide bonds. The summed E-state index contributed by atoms with van der Waals surface area (Å²) in [4.78, 5) is 12.6. The van der Waals surface area contributed by atoms with Crippen LogP contribution in [0.2, 0.25) is 5.02 Å². The molecule has 2 aromatic carbocycles. The number of amides is 1. The fraction of sp³-hybridized carbons (Fsp3) is 0.0714. The number of halogens is 3. The molecular formula is C14H10BrClFNOS. The molecule has 0 aliphatic rings. The van der Waals surface area contributed by atoms with Gasteiger partial charge in [0, 0.05) is 9.37 Å². The van der Waals surface area contributed by atoms with Crippen LogP contribution in [0.25, 0.3) is 0 Å². The summed E-state index contributed by atoms with van der Waals surface area (Å²) in [6.45, 7) is 0. The van der Waals surface area contributed by atoms with Gasteiger partial charge in [0.2, 0.25) is 5.91 Å². The second-order valence-corrected chi connectivity index (χ2v) is 6.20. The van der Waals surface area contributed by atoms with Gasteiger partial charge < -0.3 is 5.32 Å². The van der Waals surface area contributed by atoms with E-state index in [1.807, 2.05) is 18.2 Å². The van der Waals surface area contributed by atoms with Gasteiger partial charge >= 0.3 is 0 Å². The molecule has 6 heteroatoms. The molecule has 0 aliphatic carbocycles. The summed E-state index contributed by atoms with van der Waals surface area (Å²) >= 11 is 10.3. The molecule has 0 radical (unpaired) electrons. The highest BCUT2D eigenvalue weighted by atomic mass is 79.9. The third-order valence-electron chi connectivity index (χ3n) is 2.41. The van der Waals surface area contributed by atoms with Crippen molar-refractivity contribution >= 4 is 50.9 Å². The monoisotopic (exact) mass is 373 g/mol. The molecule has 2 rings (SSSR count). The van der Waals surface area contributed by atoms with E-state index in [2.05, 4.69) is 21.2 Å². The Hall–Kier alpha value is -1.04. The average Bonchev–Trinajstić information content (AvgIpc) is 2.43. The van der Waals surface area contributed by atoms with Crippen LogP contribution in [0.15, 0.2) is 51.8 Å². The zero-order valence-corrected chi connectivity index (χ0v) is 13.4. The molecule has 0 bridgehead atoms. The maximum Gasteiger partial charge on any atom is 0.234 e. The van der Waals surface area contributed by atoms with E-state index in [1.54, 1.807) is 12.1 Å². The lowest BCUT2D eigenvalue weighted by atomic mass is 10.3. The quantitative estimate of drug-likeness (QED) is 0.765. The van der Waals surface area contributed by atoms with Crippen molar-refractivity contribution < 1.29 is 9.18 Å². The number of nitrogens with one attached hydrogen (secondary N) is 1. The number of anilines is 1. The van der Waals surface area contributed by atoms with Crippen LogP contribution < -0.4 is 5.32 Å². The van der Waals surface area contributed by atoms with Crippen molar-refractivity contribution in [2.24, 2.45) is 0 Å². The van der Waals surface area contributed by atoms with E-state index >= 15 is 0 Å². The van der Waals surface area contributed by atoms with Gasteiger partial charge in [-0.05, 0) is 46.3 Å². The van der Waals surface area contributed by atoms with E-state index < -0.39 is 5.82 Å². The molecule has 2 nitrogen and oxygen atoms in total. The molecule has 0 saturated carbocycles. The van der Waals surface area contributed by atoms with Gasteiger partial charge in [-0.25, -0.2) is 4.39 Å². The normalized spacial score (nSPS) is 10.3. The molecule has 1 N–H and O–H groups in total. The third-order valence-corrected chi connectivity index (χ3v) is 4.38. The van der Waals surface area contributed by atoms with Gasteiger partial charge in [-0.2, -0.15) is 0 Å². The molecule has 104 valence electrons. The number of carbonyl (C=O) groups excluding carboxylic acids is 1. The summed E-state index contributed by atoms with van der Waals surface area (Å²) in [6.07, 6.45) is 0. The van der Waals surface area contributed by atoms with Crippen molar-refractivity contribution in [1.82, 2.24) is 0 Å². The molecule has 0 spiro atoms. The maximum atomic E-state index is 13.0. The van der Waals surface area contributed by atoms with Crippen LogP contribution in [0.1, 0.15) is 0 Å². The average molecular weight is 375 g/mol. The van der Waals surface area contributed by atoms with Crippen LogP contribution in [-0.4, -0.2) is 11.7 Å². The Kier molecular flexibility index (Phi) is 5.46. The second kappa shape index (κ2) is 7.11. The molecule has 0 saturated heterocycles. The van der Waals surface area contributed by atoms with E-state index in [9.17, 15) is 9.18 Å². The van der Waals surface area contributed by atoms with Crippen molar-refractivity contribution in [3.05, 3.63) is 57.8 Å². The highest BCUT2D eigenvalue weighted by Gasteiger charge is 2.07. The van der Waals surface area contributed by atoms with Gasteiger partial charge in [0.25, 0.3) is 0 Å². The Morgan fingerprint density at radius 3 is 2.75 bits per heavy atom. The van der Waals surface area contributed by atoms with E-state index in [0.29, 0.717) is 0 Å². The maximum absolute atomic E-state index is 13.0. The molecule has 0 aliphatic heterocycles. The zero-order valence-electron chi connectivity index (χ0n) is 10.2. The van der Waals surface area contributed by atoms with Crippen molar-refractivity contribution in [3.63, 3.8) is 0 Å². The van der Waals surface area contributed by atoms with Crippen molar-refractivity contribution in [1.29, 1.82) is 0 Å². The van der Waals surface area contributed by atoms with Crippen molar-refractivity contribution in [2.75, 3.05) is 11.1 Å². The number of rotatable bonds is 4. The minimum absolute atomic E-state index is 0.0567. The summed E-state index contributed by atoms with van der Waals surface area (Å²) in [6, 6.07) is 11.8. The van der Waals surface area contributed by atoms with Crippen LogP contribution in [0.3, 0.4) is 0 Å². The number of thioether (sulfide) groups is 1. The van der Waals surface area contributed by atoms with E-state index in [4.69, 9.17) is 11.6 Å². The lowest BCUT2D eigenvalue weighted by molar-refractivity contribution is -0.113. The van der Waals surface area contributed by atoms with Gasteiger partial charge in [0.15, 0.2) is 0 Å². The smallest absolute Gasteiger partial charge is 0.234 e. The number of carbonyl (C=O) groups is 1. The van der Waals surface area contributed by atoms with E-state index in [-0.39, 0.29) is 16.7 Å². The summed E-state index contributed by atoms with van der Waals surface area (Å²) in [5.41, 5.74) is 0.718. The van der Waals surface area contributed by atoms with E-state index in [0.717, 1.165) is 15.1 Å². The summed E-state index contributed by atoms with van der Waals surface area (Å²) < 4.78 is 13.8. The van der Waals surface area contributed by atoms with Crippen LogP contribution in [0.4, 0.5) is 10.1 Å². The summed E-state index contributed by atoms with van der Waals surface area (Å²) in [7, 11) is 0. The highest BCUT2D eigenvalue weighted by molar-refractivity contribution is 9.10. The first-order valence-electron chi connectivity index (χ1n) is 5.68. The Balaban J connectivity index is 1.92. The van der Waals surface area contributed by atoms with Crippen LogP contribution in [-0.2, 0) is 4.79 Å². The summed E-state index contributed by atoms with van der Waals surface area (Å²) in [5.74, 6) is -0.375. The molecule has 0 heterocycles. The molecule has 0 atom stereocenters. The number of hydrogen-bond donors (Lipinski definition) is 1. The minimum Gasteiger partial charge on any atom is -0.324 e. The first-order chi connectivity index (χ1) is 9.56. The topological polar surface area (TPSA) is 29.1 Å². The molecule has 0 aromatic heterocycles. The summed E-state index contributed by atoms with van der Waals surface area (Å²) in [5, 5.41) is 2.85. The van der Waals surface area contributed by atoms with Gasteiger partial charge in [0.05, 0.1) is 16.5 Å². The van der Waals surface area contributed by atoms with Gasteiger partial charge in [0.1, 0.15) is 5.82 Å². The molecular weight excluding hydrogens is 365 g/mol. The fourth-order valence-electron chi connectivity index (χ4n) is 1.46. The molecule has 0 fully saturated rings. The van der Waals surface area contributed by atoms with Crippen molar-refractivity contribution in [2.45, 2.75) is 4.90 Å².